The van der Waals surface area contributed by atoms with Crippen molar-refractivity contribution in [3.8, 4) is 0 Å². The zero-order valence-corrected chi connectivity index (χ0v) is 11.4. The highest BCUT2D eigenvalue weighted by Gasteiger charge is 2.24. The van der Waals surface area contributed by atoms with Crippen molar-refractivity contribution in [1.82, 2.24) is 10.2 Å². The average molecular weight is 255 g/mol. The topological polar surface area (TPSA) is 75.4 Å². The van der Waals surface area contributed by atoms with Gasteiger partial charge in [0.05, 0.1) is 6.54 Å². The molecule has 3 N–H and O–H groups in total. The largest absolute Gasteiger partial charge is 0.352 e. The van der Waals surface area contributed by atoms with Crippen LogP contribution in [0.15, 0.2) is 0 Å². The maximum Gasteiger partial charge on any atom is 0.239 e. The summed E-state index contributed by atoms with van der Waals surface area (Å²) in [4.78, 5) is 24.8. The molecule has 1 aliphatic rings. The Balaban J connectivity index is 2.16. The third-order valence-corrected chi connectivity index (χ3v) is 3.26. The van der Waals surface area contributed by atoms with Gasteiger partial charge in [-0.15, -0.1) is 0 Å². The lowest BCUT2D eigenvalue weighted by molar-refractivity contribution is -0.135. The molecule has 1 saturated carbocycles. The molecule has 5 heteroatoms. The molecule has 2 amide bonds. The molecule has 1 atom stereocenters. The number of likely N-dealkylation sites (N-methyl/N-ethyl adjacent to an activating group) is 1. The molecule has 1 unspecified atom stereocenters. The fraction of sp³-hybridized carbons (Fsp3) is 0.846. The van der Waals surface area contributed by atoms with E-state index in [4.69, 9.17) is 5.73 Å². The van der Waals surface area contributed by atoms with E-state index in [-0.39, 0.29) is 18.4 Å². The van der Waals surface area contributed by atoms with Crippen LogP contribution in [0.25, 0.3) is 0 Å². The van der Waals surface area contributed by atoms with Crippen LogP contribution in [0.2, 0.25) is 0 Å². The first kappa shape index (κ1) is 15.0. The van der Waals surface area contributed by atoms with E-state index in [9.17, 15) is 9.59 Å². The molecule has 0 aromatic heterocycles. The molecule has 1 aliphatic carbocycles. The van der Waals surface area contributed by atoms with Gasteiger partial charge in [-0.1, -0.05) is 6.92 Å². The standard InChI is InChI=1S/C13H25N3O2/c1-10(7-8-14)3-6-13(18)16(2)9-12(17)15-11-4-5-11/h10-11H,3-9,14H2,1-2H3,(H,15,17). The number of nitrogens with two attached hydrogens (primary N) is 1. The van der Waals surface area contributed by atoms with Crippen molar-refractivity contribution in [2.45, 2.75) is 45.1 Å². The van der Waals surface area contributed by atoms with E-state index in [1.807, 2.05) is 0 Å². The van der Waals surface area contributed by atoms with Gasteiger partial charge in [-0.25, -0.2) is 0 Å². The van der Waals surface area contributed by atoms with Gasteiger partial charge >= 0.3 is 0 Å². The van der Waals surface area contributed by atoms with E-state index >= 15 is 0 Å². The van der Waals surface area contributed by atoms with Crippen LogP contribution >= 0.6 is 0 Å². The van der Waals surface area contributed by atoms with Crippen molar-refractivity contribution >= 4 is 11.8 Å². The Morgan fingerprint density at radius 2 is 2.06 bits per heavy atom. The van der Waals surface area contributed by atoms with Crippen LogP contribution < -0.4 is 11.1 Å². The second-order valence-electron chi connectivity index (χ2n) is 5.31. The van der Waals surface area contributed by atoms with Crippen molar-refractivity contribution in [1.29, 1.82) is 0 Å². The van der Waals surface area contributed by atoms with Crippen LogP contribution in [0, 0.1) is 5.92 Å². The fourth-order valence-electron chi connectivity index (χ4n) is 1.79. The molecular formula is C13H25N3O2. The van der Waals surface area contributed by atoms with Gasteiger partial charge in [0.1, 0.15) is 0 Å². The average Bonchev–Trinajstić information content (AvgIpc) is 3.09. The van der Waals surface area contributed by atoms with Crippen LogP contribution in [-0.2, 0) is 9.59 Å². The van der Waals surface area contributed by atoms with Crippen molar-refractivity contribution in [3.05, 3.63) is 0 Å². The van der Waals surface area contributed by atoms with Crippen molar-refractivity contribution in [3.63, 3.8) is 0 Å². The van der Waals surface area contributed by atoms with E-state index < -0.39 is 0 Å². The lowest BCUT2D eigenvalue weighted by atomic mass is 10.0. The van der Waals surface area contributed by atoms with E-state index in [1.165, 1.54) is 4.90 Å². The first-order chi connectivity index (χ1) is 8.52. The molecule has 18 heavy (non-hydrogen) atoms. The van der Waals surface area contributed by atoms with Gasteiger partial charge in [-0.3, -0.25) is 9.59 Å². The number of hydrogen-bond acceptors (Lipinski definition) is 3. The summed E-state index contributed by atoms with van der Waals surface area (Å²) in [6.07, 6.45) is 4.41. The Bertz CT molecular complexity index is 290. The van der Waals surface area contributed by atoms with Crippen molar-refractivity contribution < 1.29 is 9.59 Å². The van der Waals surface area contributed by atoms with Crippen LogP contribution in [-0.4, -0.2) is 42.9 Å². The van der Waals surface area contributed by atoms with Gasteiger partial charge in [0.2, 0.25) is 11.8 Å². The van der Waals surface area contributed by atoms with E-state index in [1.54, 1.807) is 7.05 Å². The third-order valence-electron chi connectivity index (χ3n) is 3.26. The molecule has 0 aromatic carbocycles. The molecule has 0 saturated heterocycles. The van der Waals surface area contributed by atoms with Crippen LogP contribution in [0.5, 0.6) is 0 Å². The quantitative estimate of drug-likeness (QED) is 0.663. The summed E-state index contributed by atoms with van der Waals surface area (Å²) in [5.74, 6) is 0.445. The Hall–Kier alpha value is -1.10. The van der Waals surface area contributed by atoms with Gasteiger partial charge in [0.25, 0.3) is 0 Å². The number of rotatable bonds is 8. The number of amides is 2. The SMILES string of the molecule is CC(CCN)CCC(=O)N(C)CC(=O)NC1CC1. The summed E-state index contributed by atoms with van der Waals surface area (Å²) in [6.45, 7) is 2.93. The minimum absolute atomic E-state index is 0.0322. The molecule has 1 rings (SSSR count). The van der Waals surface area contributed by atoms with Crippen LogP contribution in [0.3, 0.4) is 0 Å². The second-order valence-corrected chi connectivity index (χ2v) is 5.31. The van der Waals surface area contributed by atoms with Gasteiger partial charge in [0, 0.05) is 19.5 Å². The normalized spacial score (nSPS) is 16.2. The van der Waals surface area contributed by atoms with Crippen molar-refractivity contribution in [2.75, 3.05) is 20.1 Å². The highest BCUT2D eigenvalue weighted by Crippen LogP contribution is 2.18. The lowest BCUT2D eigenvalue weighted by Gasteiger charge is -2.18. The summed E-state index contributed by atoms with van der Waals surface area (Å²) >= 11 is 0. The molecule has 0 aromatic rings. The third kappa shape index (κ3) is 6.00. The maximum atomic E-state index is 11.8. The Labute approximate surface area is 109 Å². The fourth-order valence-corrected chi connectivity index (χ4v) is 1.79. The van der Waals surface area contributed by atoms with Crippen LogP contribution in [0.1, 0.15) is 39.0 Å². The Morgan fingerprint density at radius 1 is 1.39 bits per heavy atom. The molecule has 1 fully saturated rings. The van der Waals surface area contributed by atoms with Gasteiger partial charge < -0.3 is 16.0 Å². The van der Waals surface area contributed by atoms with Crippen LogP contribution in [0.4, 0.5) is 0 Å². The van der Waals surface area contributed by atoms with Gasteiger partial charge in [-0.2, -0.15) is 0 Å². The molecule has 0 bridgehead atoms. The van der Waals surface area contributed by atoms with Crippen molar-refractivity contribution in [2.24, 2.45) is 11.7 Å². The zero-order chi connectivity index (χ0) is 13.5. The molecule has 0 spiro atoms. The van der Waals surface area contributed by atoms with E-state index in [0.717, 1.165) is 25.7 Å². The first-order valence-corrected chi connectivity index (χ1v) is 6.76. The highest BCUT2D eigenvalue weighted by molar-refractivity contribution is 5.84. The highest BCUT2D eigenvalue weighted by atomic mass is 16.2. The monoisotopic (exact) mass is 255 g/mol. The summed E-state index contributed by atoms with van der Waals surface area (Å²) in [7, 11) is 1.68. The Morgan fingerprint density at radius 3 is 2.61 bits per heavy atom. The first-order valence-electron chi connectivity index (χ1n) is 6.76. The summed E-state index contributed by atoms with van der Waals surface area (Å²) in [5, 5.41) is 2.88. The van der Waals surface area contributed by atoms with E-state index in [0.29, 0.717) is 24.9 Å². The van der Waals surface area contributed by atoms with Gasteiger partial charge in [0.15, 0.2) is 0 Å². The second kappa shape index (κ2) is 7.36. The number of nitrogens with one attached hydrogen (secondary N) is 1. The minimum atomic E-state index is -0.0524. The summed E-state index contributed by atoms with van der Waals surface area (Å²) in [5.41, 5.74) is 5.47. The minimum Gasteiger partial charge on any atom is -0.352 e. The smallest absolute Gasteiger partial charge is 0.239 e. The summed E-state index contributed by atoms with van der Waals surface area (Å²) < 4.78 is 0. The molecule has 104 valence electrons. The maximum absolute atomic E-state index is 11.8. The van der Waals surface area contributed by atoms with E-state index in [2.05, 4.69) is 12.2 Å². The molecule has 0 heterocycles. The number of nitrogens with zero attached hydrogens (tertiary/aromatic N) is 1. The summed E-state index contributed by atoms with van der Waals surface area (Å²) in [6, 6.07) is 0.352. The van der Waals surface area contributed by atoms with Gasteiger partial charge in [-0.05, 0) is 38.1 Å². The molecule has 0 radical (unpaired) electrons. The molecular weight excluding hydrogens is 230 g/mol. The number of carbonyl (C=O) groups excluding carboxylic acids is 2. The molecule has 5 nitrogen and oxygen atoms in total. The number of hydrogen-bond donors (Lipinski definition) is 2. The lowest BCUT2D eigenvalue weighted by Crippen LogP contribution is -2.39. The predicted molar refractivity (Wildman–Crippen MR) is 70.9 cm³/mol. The Kier molecular flexibility index (Phi) is 6.12. The molecule has 0 aliphatic heterocycles. The predicted octanol–water partition coefficient (Wildman–Crippen LogP) is 0.489. The number of carbonyl (C=O) groups is 2. The zero-order valence-electron chi connectivity index (χ0n) is 11.4.